The molecule has 1 aromatic heterocycles. The molecule has 0 spiro atoms. The molecule has 0 amide bonds. The van der Waals surface area contributed by atoms with E-state index in [1.165, 1.54) is 5.56 Å². The fraction of sp³-hybridized carbons (Fsp3) is 0.462. The van der Waals surface area contributed by atoms with E-state index in [2.05, 4.69) is 28.4 Å². The Morgan fingerprint density at radius 1 is 1.40 bits per heavy atom. The largest absolute Gasteiger partial charge is 0.317 e. The molecule has 0 aliphatic carbocycles. The molecule has 1 N–H and O–H groups in total. The first-order valence-electron chi connectivity index (χ1n) is 5.36. The Bertz CT molecular complexity index is 300. The molecule has 2 heteroatoms. The van der Waals surface area contributed by atoms with Crippen molar-refractivity contribution in [1.82, 2.24) is 10.3 Å². The summed E-state index contributed by atoms with van der Waals surface area (Å²) < 4.78 is 0. The summed E-state index contributed by atoms with van der Waals surface area (Å²) in [7, 11) is 1.99. The van der Waals surface area contributed by atoms with Crippen molar-refractivity contribution in [3.63, 3.8) is 0 Å². The topological polar surface area (TPSA) is 24.9 Å². The van der Waals surface area contributed by atoms with Crippen molar-refractivity contribution in [2.24, 2.45) is 0 Å². The number of hydrogen-bond donors (Lipinski definition) is 1. The summed E-state index contributed by atoms with van der Waals surface area (Å²) >= 11 is 0. The van der Waals surface area contributed by atoms with E-state index in [1.54, 1.807) is 0 Å². The van der Waals surface area contributed by atoms with Gasteiger partial charge >= 0.3 is 0 Å². The Kier molecular flexibility index (Phi) is 5.50. The Morgan fingerprint density at radius 2 is 2.13 bits per heavy atom. The normalized spacial score (nSPS) is 12.0. The number of nitrogens with zero attached hydrogens (tertiary/aromatic N) is 1. The second-order valence-electron chi connectivity index (χ2n) is 3.62. The first-order valence-corrected chi connectivity index (χ1v) is 5.36. The van der Waals surface area contributed by atoms with Crippen LogP contribution in [-0.4, -0.2) is 18.1 Å². The Hall–Kier alpha value is -1.33. The van der Waals surface area contributed by atoms with Crippen LogP contribution in [0.2, 0.25) is 0 Å². The van der Waals surface area contributed by atoms with Gasteiger partial charge in [-0.3, -0.25) is 4.98 Å². The highest BCUT2D eigenvalue weighted by Gasteiger charge is 2.04. The molecule has 15 heavy (non-hydrogen) atoms. The quantitative estimate of drug-likeness (QED) is 0.714. The van der Waals surface area contributed by atoms with E-state index in [9.17, 15) is 0 Å². The van der Waals surface area contributed by atoms with E-state index >= 15 is 0 Å². The van der Waals surface area contributed by atoms with Gasteiger partial charge in [0.05, 0.1) is 0 Å². The van der Waals surface area contributed by atoms with Crippen LogP contribution in [0.3, 0.4) is 0 Å². The summed E-state index contributed by atoms with van der Waals surface area (Å²) in [6.45, 7) is 0. The minimum atomic E-state index is 0.522. The third-order valence-corrected chi connectivity index (χ3v) is 2.58. The van der Waals surface area contributed by atoms with Crippen LogP contribution in [0.15, 0.2) is 24.5 Å². The molecular weight excluding hydrogens is 184 g/mol. The number of terminal acetylenes is 1. The van der Waals surface area contributed by atoms with Crippen LogP contribution < -0.4 is 5.32 Å². The molecule has 0 radical (unpaired) electrons. The summed E-state index contributed by atoms with van der Waals surface area (Å²) in [5.41, 5.74) is 1.34. The number of hydrogen-bond acceptors (Lipinski definition) is 2. The lowest BCUT2D eigenvalue weighted by atomic mass is 10.0. The van der Waals surface area contributed by atoms with Gasteiger partial charge in [0.2, 0.25) is 0 Å². The van der Waals surface area contributed by atoms with Gasteiger partial charge < -0.3 is 5.32 Å². The van der Waals surface area contributed by atoms with Crippen LogP contribution in [0.5, 0.6) is 0 Å². The van der Waals surface area contributed by atoms with Crippen molar-refractivity contribution in [2.75, 3.05) is 7.05 Å². The monoisotopic (exact) mass is 202 g/mol. The molecule has 0 saturated heterocycles. The van der Waals surface area contributed by atoms with Crippen molar-refractivity contribution in [2.45, 2.75) is 31.7 Å². The van der Waals surface area contributed by atoms with Gasteiger partial charge in [0.1, 0.15) is 0 Å². The van der Waals surface area contributed by atoms with Gasteiger partial charge in [-0.1, -0.05) is 0 Å². The van der Waals surface area contributed by atoms with Crippen molar-refractivity contribution >= 4 is 0 Å². The molecule has 0 fully saturated rings. The third-order valence-electron chi connectivity index (χ3n) is 2.58. The smallest absolute Gasteiger partial charge is 0.0270 e. The van der Waals surface area contributed by atoms with Crippen molar-refractivity contribution in [3.05, 3.63) is 30.1 Å². The molecule has 1 aromatic rings. The van der Waals surface area contributed by atoms with Crippen LogP contribution in [0.1, 0.15) is 24.8 Å². The minimum absolute atomic E-state index is 0.522. The van der Waals surface area contributed by atoms with Gasteiger partial charge in [0.25, 0.3) is 0 Å². The third kappa shape index (κ3) is 4.62. The lowest BCUT2D eigenvalue weighted by molar-refractivity contribution is 0.495. The molecule has 0 aliphatic rings. The number of rotatable bonds is 6. The number of pyridine rings is 1. The van der Waals surface area contributed by atoms with E-state index in [4.69, 9.17) is 6.42 Å². The molecule has 0 bridgehead atoms. The van der Waals surface area contributed by atoms with Crippen LogP contribution in [0, 0.1) is 12.3 Å². The van der Waals surface area contributed by atoms with E-state index in [-0.39, 0.29) is 0 Å². The van der Waals surface area contributed by atoms with Gasteiger partial charge in [-0.15, -0.1) is 12.3 Å². The first kappa shape index (κ1) is 11.7. The predicted molar refractivity (Wildman–Crippen MR) is 63.5 cm³/mol. The zero-order valence-corrected chi connectivity index (χ0v) is 9.24. The maximum absolute atomic E-state index is 5.25. The maximum atomic E-state index is 5.25. The lowest BCUT2D eigenvalue weighted by Gasteiger charge is -2.14. The van der Waals surface area contributed by atoms with E-state index < -0.39 is 0 Å². The minimum Gasteiger partial charge on any atom is -0.317 e. The van der Waals surface area contributed by atoms with Gasteiger partial charge in [-0.05, 0) is 44.0 Å². The van der Waals surface area contributed by atoms with Crippen molar-refractivity contribution in [3.8, 4) is 12.3 Å². The number of aryl methyl sites for hydroxylation is 1. The van der Waals surface area contributed by atoms with Crippen molar-refractivity contribution in [1.29, 1.82) is 0 Å². The highest BCUT2D eigenvalue weighted by Crippen LogP contribution is 2.07. The Balaban J connectivity index is 2.31. The Labute approximate surface area is 92.1 Å². The fourth-order valence-electron chi connectivity index (χ4n) is 1.58. The zero-order chi connectivity index (χ0) is 10.9. The summed E-state index contributed by atoms with van der Waals surface area (Å²) in [6, 6.07) is 4.65. The van der Waals surface area contributed by atoms with Crippen LogP contribution in [0.25, 0.3) is 0 Å². The molecule has 1 heterocycles. The van der Waals surface area contributed by atoms with E-state index in [1.807, 2.05) is 19.4 Å². The van der Waals surface area contributed by atoms with Gasteiger partial charge in [-0.2, -0.15) is 0 Å². The highest BCUT2D eigenvalue weighted by molar-refractivity contribution is 5.09. The van der Waals surface area contributed by atoms with Gasteiger partial charge in [0, 0.05) is 24.9 Å². The average molecular weight is 202 g/mol. The lowest BCUT2D eigenvalue weighted by Crippen LogP contribution is -2.25. The van der Waals surface area contributed by atoms with Crippen LogP contribution in [0.4, 0.5) is 0 Å². The fourth-order valence-corrected chi connectivity index (χ4v) is 1.58. The molecule has 1 rings (SSSR count). The predicted octanol–water partition coefficient (Wildman–Crippen LogP) is 2.02. The summed E-state index contributed by atoms with van der Waals surface area (Å²) in [6.07, 6.45) is 13.0. The summed E-state index contributed by atoms with van der Waals surface area (Å²) in [5, 5.41) is 3.30. The molecule has 1 atom stereocenters. The van der Waals surface area contributed by atoms with Crippen LogP contribution >= 0.6 is 0 Å². The molecular formula is C13H18N2. The summed E-state index contributed by atoms with van der Waals surface area (Å²) in [4.78, 5) is 4.00. The van der Waals surface area contributed by atoms with Crippen LogP contribution in [-0.2, 0) is 6.42 Å². The van der Waals surface area contributed by atoms with Gasteiger partial charge in [0.15, 0.2) is 0 Å². The Morgan fingerprint density at radius 3 is 2.73 bits per heavy atom. The SMILES string of the molecule is C#CCCC(CCc1ccncc1)NC. The molecule has 0 saturated carbocycles. The number of nitrogens with one attached hydrogen (secondary N) is 1. The number of aromatic nitrogens is 1. The standard InChI is InChI=1S/C13H18N2/c1-3-4-5-13(14-2)7-6-12-8-10-15-11-9-12/h1,8-11,13-14H,4-7H2,2H3. The summed E-state index contributed by atoms with van der Waals surface area (Å²) in [5.74, 6) is 2.68. The zero-order valence-electron chi connectivity index (χ0n) is 9.24. The highest BCUT2D eigenvalue weighted by atomic mass is 14.9. The van der Waals surface area contributed by atoms with Crippen molar-refractivity contribution < 1.29 is 0 Å². The van der Waals surface area contributed by atoms with E-state index in [0.29, 0.717) is 6.04 Å². The molecule has 0 aliphatic heterocycles. The second-order valence-corrected chi connectivity index (χ2v) is 3.62. The average Bonchev–Trinajstić information content (AvgIpc) is 2.31. The van der Waals surface area contributed by atoms with E-state index in [0.717, 1.165) is 25.7 Å². The first-order chi connectivity index (χ1) is 7.36. The second kappa shape index (κ2) is 7.03. The molecule has 0 aromatic carbocycles. The molecule has 2 nitrogen and oxygen atoms in total. The molecule has 80 valence electrons. The maximum Gasteiger partial charge on any atom is 0.0270 e. The van der Waals surface area contributed by atoms with Gasteiger partial charge in [-0.25, -0.2) is 0 Å². The molecule has 1 unspecified atom stereocenters.